The second-order valence-electron chi connectivity index (χ2n) is 3.76. The van der Waals surface area contributed by atoms with Crippen molar-refractivity contribution in [2.45, 2.75) is 6.92 Å². The Morgan fingerprint density at radius 2 is 1.82 bits per heavy atom. The van der Waals surface area contributed by atoms with Crippen LogP contribution in [-0.2, 0) is 0 Å². The van der Waals surface area contributed by atoms with Gasteiger partial charge in [-0.25, -0.2) is 0 Å². The molecular formula is C14H12N2O. The van der Waals surface area contributed by atoms with Gasteiger partial charge in [-0.05, 0) is 48.9 Å². The van der Waals surface area contributed by atoms with Gasteiger partial charge in [-0.2, -0.15) is 5.26 Å². The predicted octanol–water partition coefficient (Wildman–Crippen LogP) is 3.24. The molecule has 0 amide bonds. The molecule has 0 aromatic heterocycles. The molecule has 2 N–H and O–H groups in total. The van der Waals surface area contributed by atoms with Crippen LogP contribution in [0.4, 0.5) is 5.69 Å². The normalized spacial score (nSPS) is 9.65. The van der Waals surface area contributed by atoms with Crippen LogP contribution >= 0.6 is 0 Å². The van der Waals surface area contributed by atoms with E-state index in [1.165, 1.54) is 0 Å². The number of aryl methyl sites for hydroxylation is 1. The molecule has 0 atom stereocenters. The van der Waals surface area contributed by atoms with Crippen molar-refractivity contribution in [2.75, 3.05) is 5.73 Å². The van der Waals surface area contributed by atoms with Crippen molar-refractivity contribution in [2.24, 2.45) is 0 Å². The average Bonchev–Trinajstić information content (AvgIpc) is 2.35. The highest BCUT2D eigenvalue weighted by Crippen LogP contribution is 2.26. The Morgan fingerprint density at radius 1 is 1.12 bits per heavy atom. The van der Waals surface area contributed by atoms with Gasteiger partial charge >= 0.3 is 0 Å². The first-order valence-electron chi connectivity index (χ1n) is 5.23. The first-order valence-corrected chi connectivity index (χ1v) is 5.23. The van der Waals surface area contributed by atoms with Gasteiger partial charge in [0, 0.05) is 5.69 Å². The van der Waals surface area contributed by atoms with E-state index in [1.807, 2.05) is 13.0 Å². The molecule has 0 bridgehead atoms. The maximum atomic E-state index is 8.83. The summed E-state index contributed by atoms with van der Waals surface area (Å²) in [6, 6.07) is 14.6. The molecule has 0 aliphatic heterocycles. The van der Waals surface area contributed by atoms with Crippen molar-refractivity contribution < 1.29 is 4.74 Å². The number of ether oxygens (including phenoxy) is 1. The smallest absolute Gasteiger partial charge is 0.131 e. The molecule has 2 aromatic carbocycles. The molecular weight excluding hydrogens is 212 g/mol. The number of nitrogen functional groups attached to an aromatic ring is 1. The number of anilines is 1. The van der Waals surface area contributed by atoms with Crippen molar-refractivity contribution in [3.8, 4) is 17.6 Å². The second kappa shape index (κ2) is 4.58. The van der Waals surface area contributed by atoms with Crippen molar-refractivity contribution in [1.82, 2.24) is 0 Å². The summed E-state index contributed by atoms with van der Waals surface area (Å²) in [4.78, 5) is 0. The van der Waals surface area contributed by atoms with Crippen molar-refractivity contribution >= 4 is 5.69 Å². The van der Waals surface area contributed by atoms with E-state index >= 15 is 0 Å². The monoisotopic (exact) mass is 224 g/mol. The van der Waals surface area contributed by atoms with Crippen LogP contribution in [0.1, 0.15) is 11.1 Å². The molecule has 0 spiro atoms. The van der Waals surface area contributed by atoms with Crippen molar-refractivity contribution in [1.29, 1.82) is 5.26 Å². The van der Waals surface area contributed by atoms with Gasteiger partial charge in [0.05, 0.1) is 11.6 Å². The van der Waals surface area contributed by atoms with Gasteiger partial charge in [-0.15, -0.1) is 0 Å². The van der Waals surface area contributed by atoms with Gasteiger partial charge < -0.3 is 10.5 Å². The van der Waals surface area contributed by atoms with Gasteiger partial charge in [0.1, 0.15) is 11.5 Å². The van der Waals surface area contributed by atoms with Crippen LogP contribution in [0.5, 0.6) is 11.5 Å². The first-order chi connectivity index (χ1) is 8.19. The minimum absolute atomic E-state index is 0.584. The lowest BCUT2D eigenvalue weighted by atomic mass is 10.1. The number of nitrogens with two attached hydrogens (primary N) is 1. The zero-order chi connectivity index (χ0) is 12.3. The van der Waals surface area contributed by atoms with E-state index in [2.05, 4.69) is 6.07 Å². The van der Waals surface area contributed by atoms with Gasteiger partial charge in [0.15, 0.2) is 0 Å². The Bertz CT molecular complexity index is 568. The SMILES string of the molecule is Cc1ccc(C#N)cc1Oc1ccc(N)cc1. The molecule has 3 nitrogen and oxygen atoms in total. The summed E-state index contributed by atoms with van der Waals surface area (Å²) in [7, 11) is 0. The molecule has 0 saturated heterocycles. The van der Waals surface area contributed by atoms with E-state index < -0.39 is 0 Å². The molecule has 0 fully saturated rings. The summed E-state index contributed by atoms with van der Waals surface area (Å²) >= 11 is 0. The third-order valence-electron chi connectivity index (χ3n) is 2.43. The summed E-state index contributed by atoms with van der Waals surface area (Å²) in [5, 5.41) is 8.83. The van der Waals surface area contributed by atoms with Crippen LogP contribution in [0.15, 0.2) is 42.5 Å². The summed E-state index contributed by atoms with van der Waals surface area (Å²) < 4.78 is 5.70. The molecule has 0 unspecified atom stereocenters. The van der Waals surface area contributed by atoms with E-state index in [4.69, 9.17) is 15.7 Å². The molecule has 17 heavy (non-hydrogen) atoms. The Morgan fingerprint density at radius 3 is 2.47 bits per heavy atom. The number of benzene rings is 2. The van der Waals surface area contributed by atoms with E-state index in [-0.39, 0.29) is 0 Å². The predicted molar refractivity (Wildman–Crippen MR) is 66.8 cm³/mol. The molecule has 0 heterocycles. The molecule has 2 rings (SSSR count). The molecule has 0 aliphatic rings. The summed E-state index contributed by atoms with van der Waals surface area (Å²) in [5.41, 5.74) is 7.86. The molecule has 84 valence electrons. The van der Waals surface area contributed by atoms with Crippen LogP contribution in [0.25, 0.3) is 0 Å². The zero-order valence-corrected chi connectivity index (χ0v) is 9.47. The van der Waals surface area contributed by atoms with Crippen LogP contribution in [0, 0.1) is 18.3 Å². The van der Waals surface area contributed by atoms with Crippen LogP contribution < -0.4 is 10.5 Å². The average molecular weight is 224 g/mol. The van der Waals surface area contributed by atoms with E-state index in [0.29, 0.717) is 22.7 Å². The number of nitrogens with zero attached hydrogens (tertiary/aromatic N) is 1. The Kier molecular flexibility index (Phi) is 2.97. The lowest BCUT2D eigenvalue weighted by molar-refractivity contribution is 0.479. The van der Waals surface area contributed by atoms with Gasteiger partial charge in [0.25, 0.3) is 0 Å². The summed E-state index contributed by atoms with van der Waals surface area (Å²) in [6.07, 6.45) is 0. The molecule has 2 aromatic rings. The Balaban J connectivity index is 2.29. The summed E-state index contributed by atoms with van der Waals surface area (Å²) in [5.74, 6) is 1.39. The van der Waals surface area contributed by atoms with Gasteiger partial charge in [-0.3, -0.25) is 0 Å². The zero-order valence-electron chi connectivity index (χ0n) is 9.47. The number of rotatable bonds is 2. The number of hydrogen-bond acceptors (Lipinski definition) is 3. The highest BCUT2D eigenvalue weighted by molar-refractivity contribution is 5.46. The lowest BCUT2D eigenvalue weighted by Crippen LogP contribution is -1.89. The largest absolute Gasteiger partial charge is 0.457 e. The fourth-order valence-corrected chi connectivity index (χ4v) is 1.44. The van der Waals surface area contributed by atoms with E-state index in [0.717, 1.165) is 5.56 Å². The Labute approximate surface area is 100 Å². The minimum Gasteiger partial charge on any atom is -0.457 e. The summed E-state index contributed by atoms with van der Waals surface area (Å²) in [6.45, 7) is 1.94. The fraction of sp³-hybridized carbons (Fsp3) is 0.0714. The third-order valence-corrected chi connectivity index (χ3v) is 2.43. The third kappa shape index (κ3) is 2.56. The number of nitriles is 1. The quantitative estimate of drug-likeness (QED) is 0.796. The van der Waals surface area contributed by atoms with Crippen LogP contribution in [0.2, 0.25) is 0 Å². The van der Waals surface area contributed by atoms with Crippen molar-refractivity contribution in [3.63, 3.8) is 0 Å². The molecule has 0 saturated carbocycles. The van der Waals surface area contributed by atoms with Crippen molar-refractivity contribution in [3.05, 3.63) is 53.6 Å². The maximum absolute atomic E-state index is 8.83. The maximum Gasteiger partial charge on any atom is 0.131 e. The fourth-order valence-electron chi connectivity index (χ4n) is 1.44. The molecule has 3 heteroatoms. The Hall–Kier alpha value is -2.47. The van der Waals surface area contributed by atoms with Crippen LogP contribution in [-0.4, -0.2) is 0 Å². The first kappa shape index (κ1) is 11.0. The van der Waals surface area contributed by atoms with E-state index in [1.54, 1.807) is 36.4 Å². The van der Waals surface area contributed by atoms with Gasteiger partial charge in [-0.1, -0.05) is 6.07 Å². The molecule has 0 aliphatic carbocycles. The topological polar surface area (TPSA) is 59.0 Å². The van der Waals surface area contributed by atoms with Crippen LogP contribution in [0.3, 0.4) is 0 Å². The van der Waals surface area contributed by atoms with E-state index in [9.17, 15) is 0 Å². The van der Waals surface area contributed by atoms with Gasteiger partial charge in [0.2, 0.25) is 0 Å². The highest BCUT2D eigenvalue weighted by Gasteiger charge is 2.03. The second-order valence-corrected chi connectivity index (χ2v) is 3.76. The standard InChI is InChI=1S/C14H12N2O/c1-10-2-3-11(9-15)8-14(10)17-13-6-4-12(16)5-7-13/h2-8H,16H2,1H3. The minimum atomic E-state index is 0.584. The lowest BCUT2D eigenvalue weighted by Gasteiger charge is -2.08. The highest BCUT2D eigenvalue weighted by atomic mass is 16.5. The molecule has 0 radical (unpaired) electrons. The number of hydrogen-bond donors (Lipinski definition) is 1.